The number of carbonyl (C=O) groups excluding carboxylic acids is 3. The lowest BCUT2D eigenvalue weighted by atomic mass is 10.2. The van der Waals surface area contributed by atoms with Crippen molar-refractivity contribution in [2.45, 2.75) is 51.8 Å². The van der Waals surface area contributed by atoms with E-state index in [2.05, 4.69) is 52.6 Å². The van der Waals surface area contributed by atoms with Gasteiger partial charge in [0.1, 0.15) is 17.7 Å². The van der Waals surface area contributed by atoms with E-state index < -0.39 is 35.7 Å². The van der Waals surface area contributed by atoms with Gasteiger partial charge in [-0.15, -0.1) is 0 Å². The first-order valence-electron chi connectivity index (χ1n) is 7.11. The number of amides is 2. The molecule has 0 radical (unpaired) electrons. The van der Waals surface area contributed by atoms with Gasteiger partial charge in [0, 0.05) is 37.2 Å². The number of rotatable bonds is 7. The number of hydrogen-bond donors (Lipinski definition) is 2. The Morgan fingerprint density at radius 2 is 1.71 bits per heavy atom. The third-order valence-electron chi connectivity index (χ3n) is 2.53. The van der Waals surface area contributed by atoms with Gasteiger partial charge in [0.2, 0.25) is 5.91 Å². The highest BCUT2D eigenvalue weighted by atomic mass is 128. The van der Waals surface area contributed by atoms with Gasteiger partial charge in [-0.25, -0.2) is 9.59 Å². The Kier molecular flexibility index (Phi) is 15.6. The maximum Gasteiger partial charge on any atom is 0.408 e. The molecule has 0 bridgehead atoms. The van der Waals surface area contributed by atoms with E-state index in [1.807, 2.05) is 6.26 Å². The van der Waals surface area contributed by atoms with Gasteiger partial charge >= 0.3 is 12.1 Å². The summed E-state index contributed by atoms with van der Waals surface area (Å²) in [5, 5.41) is 5.05. The predicted molar refractivity (Wildman–Crippen MR) is 114 cm³/mol. The first-order chi connectivity index (χ1) is 11.1. The SMILES string of the molecule is COC(=O)C(C)NC(=O)C(CCSC)NC(=O)OC(C)(C)C.II. The summed E-state index contributed by atoms with van der Waals surface area (Å²) in [6.45, 7) is 6.73. The zero-order valence-electron chi connectivity index (χ0n) is 14.8. The van der Waals surface area contributed by atoms with Crippen molar-refractivity contribution in [3.63, 3.8) is 0 Å². The molecule has 7 nitrogen and oxygen atoms in total. The van der Waals surface area contributed by atoms with Crippen LogP contribution >= 0.6 is 49.0 Å². The number of hydrogen-bond acceptors (Lipinski definition) is 6. The number of methoxy groups -OCH3 is 1. The van der Waals surface area contributed by atoms with Gasteiger partial charge in [-0.05, 0) is 46.1 Å². The van der Waals surface area contributed by atoms with Crippen molar-refractivity contribution in [1.82, 2.24) is 10.6 Å². The Balaban J connectivity index is 0. The number of alkyl carbamates (subject to hydrolysis) is 1. The molecule has 2 N–H and O–H groups in total. The van der Waals surface area contributed by atoms with Crippen LogP contribution in [0.4, 0.5) is 4.79 Å². The summed E-state index contributed by atoms with van der Waals surface area (Å²) in [5.74, 6) is -0.312. The van der Waals surface area contributed by atoms with Crippen molar-refractivity contribution in [3.05, 3.63) is 0 Å². The van der Waals surface area contributed by atoms with Crippen molar-refractivity contribution >= 4 is 67.0 Å². The molecule has 0 aromatic carbocycles. The molecule has 10 heteroatoms. The Bertz CT molecular complexity index is 405. The summed E-state index contributed by atoms with van der Waals surface area (Å²) in [6.07, 6.45) is 1.67. The minimum Gasteiger partial charge on any atom is -0.467 e. The lowest BCUT2D eigenvalue weighted by Gasteiger charge is -2.24. The third-order valence-corrected chi connectivity index (χ3v) is 3.18. The molecule has 0 aliphatic carbocycles. The average Bonchev–Trinajstić information content (AvgIpc) is 2.50. The van der Waals surface area contributed by atoms with Crippen LogP contribution in [-0.4, -0.2) is 54.8 Å². The minimum absolute atomic E-state index is 0.431. The van der Waals surface area contributed by atoms with Crippen LogP contribution in [0.3, 0.4) is 0 Å². The summed E-state index contributed by atoms with van der Waals surface area (Å²) in [5.41, 5.74) is -0.649. The van der Waals surface area contributed by atoms with Gasteiger partial charge in [-0.2, -0.15) is 11.8 Å². The maximum atomic E-state index is 12.2. The molecule has 2 unspecified atom stereocenters. The average molecular weight is 588 g/mol. The molecule has 0 heterocycles. The number of thioether (sulfide) groups is 1. The molecule has 0 fully saturated rings. The van der Waals surface area contributed by atoms with Crippen molar-refractivity contribution in [2.24, 2.45) is 0 Å². The molecular weight excluding hydrogens is 562 g/mol. The van der Waals surface area contributed by atoms with Crippen LogP contribution in [-0.2, 0) is 19.1 Å². The Morgan fingerprint density at radius 1 is 1.17 bits per heavy atom. The van der Waals surface area contributed by atoms with Crippen LogP contribution in [0.15, 0.2) is 0 Å². The van der Waals surface area contributed by atoms with E-state index in [0.29, 0.717) is 12.2 Å². The topological polar surface area (TPSA) is 93.7 Å². The van der Waals surface area contributed by atoms with Crippen LogP contribution in [0.1, 0.15) is 34.1 Å². The fourth-order valence-corrected chi connectivity index (χ4v) is 1.98. The van der Waals surface area contributed by atoms with Crippen molar-refractivity contribution in [1.29, 1.82) is 0 Å². The second-order valence-corrected chi connectivity index (χ2v) is 6.72. The molecule has 2 atom stereocenters. The minimum atomic E-state index is -0.783. The van der Waals surface area contributed by atoms with E-state index in [1.165, 1.54) is 14.0 Å². The zero-order valence-corrected chi connectivity index (χ0v) is 19.9. The molecular formula is C14H26I2N2O5S. The highest BCUT2D eigenvalue weighted by Crippen LogP contribution is 2.08. The molecule has 0 aliphatic heterocycles. The fraction of sp³-hybridized carbons (Fsp3) is 0.786. The van der Waals surface area contributed by atoms with Crippen LogP contribution < -0.4 is 10.6 Å². The number of carbonyl (C=O) groups is 3. The Labute approximate surface area is 171 Å². The largest absolute Gasteiger partial charge is 0.467 e. The predicted octanol–water partition coefficient (Wildman–Crippen LogP) is 3.08. The number of ether oxygens (including phenoxy) is 2. The van der Waals surface area contributed by atoms with Gasteiger partial charge < -0.3 is 20.1 Å². The van der Waals surface area contributed by atoms with E-state index >= 15 is 0 Å². The summed E-state index contributed by atoms with van der Waals surface area (Å²) >= 11 is 5.79. The number of nitrogens with one attached hydrogen (secondary N) is 2. The monoisotopic (exact) mass is 588 g/mol. The van der Waals surface area contributed by atoms with Gasteiger partial charge in [0.25, 0.3) is 0 Å². The smallest absolute Gasteiger partial charge is 0.408 e. The van der Waals surface area contributed by atoms with E-state index in [4.69, 9.17) is 4.74 Å². The molecule has 0 aromatic heterocycles. The lowest BCUT2D eigenvalue weighted by Crippen LogP contribution is -2.52. The highest BCUT2D eigenvalue weighted by molar-refractivity contribution is 15.0. The van der Waals surface area contributed by atoms with Gasteiger partial charge in [-0.3, -0.25) is 4.79 Å². The maximum absolute atomic E-state index is 12.2. The number of halogens is 2. The van der Waals surface area contributed by atoms with Crippen LogP contribution in [0.2, 0.25) is 0 Å². The standard InChI is InChI=1S/C14H26N2O5S.I2/c1-9(12(18)20-5)15-11(17)10(7-8-22-6)16-13(19)21-14(2,3)4;1-2/h9-10H,7-8H2,1-6H3,(H,15,17)(H,16,19);. The highest BCUT2D eigenvalue weighted by Gasteiger charge is 2.26. The van der Waals surface area contributed by atoms with Crippen molar-refractivity contribution in [2.75, 3.05) is 19.1 Å². The molecule has 24 heavy (non-hydrogen) atoms. The van der Waals surface area contributed by atoms with Gasteiger partial charge in [0.05, 0.1) is 7.11 Å². The van der Waals surface area contributed by atoms with Crippen LogP contribution in [0, 0.1) is 0 Å². The van der Waals surface area contributed by atoms with Crippen molar-refractivity contribution < 1.29 is 23.9 Å². The van der Waals surface area contributed by atoms with Gasteiger partial charge in [0.15, 0.2) is 0 Å². The summed E-state index contributed by atoms with van der Waals surface area (Å²) in [6, 6.07) is -1.55. The Morgan fingerprint density at radius 3 is 2.12 bits per heavy atom. The molecule has 0 saturated heterocycles. The second-order valence-electron chi connectivity index (χ2n) is 5.73. The third kappa shape index (κ3) is 13.3. The van der Waals surface area contributed by atoms with E-state index in [-0.39, 0.29) is 0 Å². The first kappa shape index (κ1) is 26.3. The van der Waals surface area contributed by atoms with Crippen LogP contribution in [0.25, 0.3) is 0 Å². The molecule has 0 aliphatic rings. The Hall–Kier alpha value is 0.0200. The fourth-order valence-electron chi connectivity index (χ4n) is 1.50. The first-order valence-corrected chi connectivity index (χ1v) is 14.8. The normalized spacial score (nSPS) is 12.8. The molecule has 0 saturated carbocycles. The van der Waals surface area contributed by atoms with Gasteiger partial charge in [-0.1, -0.05) is 0 Å². The number of esters is 1. The van der Waals surface area contributed by atoms with E-state index in [0.717, 1.165) is 0 Å². The molecule has 0 aromatic rings. The summed E-state index contributed by atoms with van der Waals surface area (Å²) in [7, 11) is 1.25. The molecule has 142 valence electrons. The summed E-state index contributed by atoms with van der Waals surface area (Å²) in [4.78, 5) is 35.3. The summed E-state index contributed by atoms with van der Waals surface area (Å²) < 4.78 is 9.69. The lowest BCUT2D eigenvalue weighted by molar-refractivity contribution is -0.144. The van der Waals surface area contributed by atoms with Crippen LogP contribution in [0.5, 0.6) is 0 Å². The molecule has 0 spiro atoms. The second kappa shape index (κ2) is 14.2. The molecule has 0 rings (SSSR count). The molecule has 2 amide bonds. The van der Waals surface area contributed by atoms with E-state index in [1.54, 1.807) is 32.5 Å². The van der Waals surface area contributed by atoms with E-state index in [9.17, 15) is 14.4 Å². The quantitative estimate of drug-likeness (QED) is 0.351. The van der Waals surface area contributed by atoms with Crippen molar-refractivity contribution in [3.8, 4) is 0 Å². The zero-order chi connectivity index (χ0) is 19.3.